The second kappa shape index (κ2) is 7.08. The number of ether oxygens (including phenoxy) is 1. The van der Waals surface area contributed by atoms with Gasteiger partial charge in [0, 0.05) is 23.7 Å². The monoisotopic (exact) mass is 357 g/mol. The number of hydrogen-bond donors (Lipinski definition) is 1. The van der Waals surface area contributed by atoms with E-state index in [9.17, 15) is 9.59 Å². The van der Waals surface area contributed by atoms with Gasteiger partial charge in [-0.15, -0.1) is 0 Å². The zero-order chi connectivity index (χ0) is 18.8. The Morgan fingerprint density at radius 2 is 1.41 bits per heavy atom. The molecule has 0 spiro atoms. The van der Waals surface area contributed by atoms with Crippen molar-refractivity contribution in [2.45, 2.75) is 19.4 Å². The Labute approximate surface area is 157 Å². The number of esters is 1. The van der Waals surface area contributed by atoms with Crippen LogP contribution in [0.3, 0.4) is 0 Å². The van der Waals surface area contributed by atoms with Crippen LogP contribution in [0.5, 0.6) is 0 Å². The van der Waals surface area contributed by atoms with Crippen molar-refractivity contribution in [3.8, 4) is 11.1 Å². The molecule has 0 saturated heterocycles. The van der Waals surface area contributed by atoms with Crippen LogP contribution in [0.4, 0.5) is 5.69 Å². The lowest BCUT2D eigenvalue weighted by molar-refractivity contribution is -0.146. The van der Waals surface area contributed by atoms with E-state index >= 15 is 0 Å². The molecule has 4 heteroatoms. The van der Waals surface area contributed by atoms with E-state index in [4.69, 9.17) is 4.74 Å². The van der Waals surface area contributed by atoms with Crippen molar-refractivity contribution in [3.05, 3.63) is 89.5 Å². The summed E-state index contributed by atoms with van der Waals surface area (Å²) in [6.45, 7) is 1.46. The molecule has 1 N–H and O–H groups in total. The highest BCUT2D eigenvalue weighted by molar-refractivity contribution is 5.88. The van der Waals surface area contributed by atoms with Crippen molar-refractivity contribution >= 4 is 17.6 Å². The van der Waals surface area contributed by atoms with Crippen LogP contribution in [-0.4, -0.2) is 11.9 Å². The molecule has 0 aliphatic heterocycles. The number of fused-ring (bicyclic) bond motifs is 3. The van der Waals surface area contributed by atoms with Crippen LogP contribution < -0.4 is 5.32 Å². The van der Waals surface area contributed by atoms with Crippen molar-refractivity contribution in [2.75, 3.05) is 5.32 Å². The molecule has 0 aromatic heterocycles. The number of carbonyl (C=O) groups is 2. The SMILES string of the molecule is CC(=O)Nc1ccc(CC(=O)OC2c3ccccc3-c3ccccc32)cc1. The normalized spacial score (nSPS) is 12.2. The third-order valence-electron chi connectivity index (χ3n) is 4.65. The molecule has 27 heavy (non-hydrogen) atoms. The summed E-state index contributed by atoms with van der Waals surface area (Å²) in [5, 5.41) is 2.71. The molecule has 1 aliphatic carbocycles. The Bertz CT molecular complexity index is 963. The molecule has 0 saturated carbocycles. The Kier molecular flexibility index (Phi) is 4.47. The molecule has 0 atom stereocenters. The smallest absolute Gasteiger partial charge is 0.311 e. The first-order chi connectivity index (χ1) is 13.1. The third-order valence-corrected chi connectivity index (χ3v) is 4.65. The molecule has 4 rings (SSSR count). The summed E-state index contributed by atoms with van der Waals surface area (Å²) in [6, 6.07) is 23.3. The number of rotatable bonds is 4. The Hall–Kier alpha value is -3.40. The number of nitrogens with one attached hydrogen (secondary N) is 1. The first kappa shape index (κ1) is 17.0. The highest BCUT2D eigenvalue weighted by Crippen LogP contribution is 2.45. The van der Waals surface area contributed by atoms with Crippen LogP contribution >= 0.6 is 0 Å². The molecule has 3 aromatic rings. The van der Waals surface area contributed by atoms with Crippen LogP contribution in [0, 0.1) is 0 Å². The molecular formula is C23H19NO3. The summed E-state index contributed by atoms with van der Waals surface area (Å²) in [7, 11) is 0. The zero-order valence-corrected chi connectivity index (χ0v) is 14.9. The third kappa shape index (κ3) is 3.47. The Balaban J connectivity index is 1.51. The maximum Gasteiger partial charge on any atom is 0.311 e. The zero-order valence-electron chi connectivity index (χ0n) is 14.9. The van der Waals surface area contributed by atoms with Gasteiger partial charge in [0.25, 0.3) is 0 Å². The van der Waals surface area contributed by atoms with E-state index in [2.05, 4.69) is 17.4 Å². The van der Waals surface area contributed by atoms with E-state index < -0.39 is 0 Å². The number of anilines is 1. The van der Waals surface area contributed by atoms with Crippen LogP contribution in [0.1, 0.15) is 29.7 Å². The van der Waals surface area contributed by atoms with Crippen molar-refractivity contribution < 1.29 is 14.3 Å². The van der Waals surface area contributed by atoms with Gasteiger partial charge in [0.05, 0.1) is 6.42 Å². The average molecular weight is 357 g/mol. The molecule has 0 bridgehead atoms. The first-order valence-electron chi connectivity index (χ1n) is 8.86. The summed E-state index contributed by atoms with van der Waals surface area (Å²) in [4.78, 5) is 23.6. The van der Waals surface area contributed by atoms with Gasteiger partial charge in [0.2, 0.25) is 5.91 Å². The van der Waals surface area contributed by atoms with Gasteiger partial charge in [-0.2, -0.15) is 0 Å². The van der Waals surface area contributed by atoms with Crippen LogP contribution in [-0.2, 0) is 20.7 Å². The molecule has 3 aromatic carbocycles. The van der Waals surface area contributed by atoms with Gasteiger partial charge in [-0.05, 0) is 28.8 Å². The molecule has 0 radical (unpaired) electrons. The van der Waals surface area contributed by atoms with E-state index in [1.807, 2.05) is 48.5 Å². The molecular weight excluding hydrogens is 338 g/mol. The lowest BCUT2D eigenvalue weighted by Crippen LogP contribution is -2.13. The quantitative estimate of drug-likeness (QED) is 0.700. The highest BCUT2D eigenvalue weighted by atomic mass is 16.5. The van der Waals surface area contributed by atoms with E-state index in [0.29, 0.717) is 5.69 Å². The standard InChI is InChI=1S/C23H19NO3/c1-15(25)24-17-12-10-16(11-13-17)14-22(26)27-23-20-8-4-2-6-18(20)19-7-3-5-9-21(19)23/h2-13,23H,14H2,1H3,(H,24,25). The topological polar surface area (TPSA) is 55.4 Å². The number of amides is 1. The van der Waals surface area contributed by atoms with Gasteiger partial charge in [-0.1, -0.05) is 60.7 Å². The largest absolute Gasteiger partial charge is 0.452 e. The number of hydrogen-bond acceptors (Lipinski definition) is 3. The highest BCUT2D eigenvalue weighted by Gasteiger charge is 2.30. The minimum absolute atomic E-state index is 0.124. The predicted octanol–water partition coefficient (Wildman–Crippen LogP) is 4.50. The maximum absolute atomic E-state index is 12.6. The second-order valence-corrected chi connectivity index (χ2v) is 6.60. The lowest BCUT2D eigenvalue weighted by atomic mass is 10.1. The van der Waals surface area contributed by atoms with Crippen molar-refractivity contribution in [1.29, 1.82) is 0 Å². The summed E-state index contributed by atoms with van der Waals surface area (Å²) >= 11 is 0. The fraction of sp³-hybridized carbons (Fsp3) is 0.130. The van der Waals surface area contributed by atoms with Gasteiger partial charge < -0.3 is 10.1 Å². The van der Waals surface area contributed by atoms with Crippen LogP contribution in [0.15, 0.2) is 72.8 Å². The fourth-order valence-corrected chi connectivity index (χ4v) is 3.49. The van der Waals surface area contributed by atoms with Crippen LogP contribution in [0.25, 0.3) is 11.1 Å². The predicted molar refractivity (Wildman–Crippen MR) is 104 cm³/mol. The second-order valence-electron chi connectivity index (χ2n) is 6.60. The number of benzene rings is 3. The average Bonchev–Trinajstić information content (AvgIpc) is 2.97. The molecule has 0 heterocycles. The molecule has 0 fully saturated rings. The van der Waals surface area contributed by atoms with E-state index in [1.54, 1.807) is 12.1 Å². The number of carbonyl (C=O) groups excluding carboxylic acids is 2. The van der Waals surface area contributed by atoms with Crippen LogP contribution in [0.2, 0.25) is 0 Å². The van der Waals surface area contributed by atoms with Gasteiger partial charge in [-0.3, -0.25) is 9.59 Å². The van der Waals surface area contributed by atoms with Gasteiger partial charge in [0.15, 0.2) is 6.10 Å². The van der Waals surface area contributed by atoms with E-state index in [-0.39, 0.29) is 24.4 Å². The van der Waals surface area contributed by atoms with Gasteiger partial charge in [0.1, 0.15) is 0 Å². The van der Waals surface area contributed by atoms with E-state index in [1.165, 1.54) is 6.92 Å². The molecule has 0 unspecified atom stereocenters. The van der Waals surface area contributed by atoms with Crippen molar-refractivity contribution in [1.82, 2.24) is 0 Å². The maximum atomic E-state index is 12.6. The summed E-state index contributed by atoms with van der Waals surface area (Å²) in [5.41, 5.74) is 5.82. The molecule has 1 amide bonds. The lowest BCUT2D eigenvalue weighted by Gasteiger charge is -2.15. The summed E-state index contributed by atoms with van der Waals surface area (Å²) < 4.78 is 5.85. The van der Waals surface area contributed by atoms with Gasteiger partial charge >= 0.3 is 5.97 Å². The molecule has 1 aliphatic rings. The molecule has 134 valence electrons. The minimum atomic E-state index is -0.372. The Morgan fingerprint density at radius 1 is 0.852 bits per heavy atom. The minimum Gasteiger partial charge on any atom is -0.452 e. The fourth-order valence-electron chi connectivity index (χ4n) is 3.49. The summed E-state index contributed by atoms with van der Waals surface area (Å²) in [6.07, 6.45) is -0.190. The van der Waals surface area contributed by atoms with Gasteiger partial charge in [-0.25, -0.2) is 0 Å². The molecule has 4 nitrogen and oxygen atoms in total. The Morgan fingerprint density at radius 3 is 1.96 bits per heavy atom. The van der Waals surface area contributed by atoms with Crippen molar-refractivity contribution in [3.63, 3.8) is 0 Å². The van der Waals surface area contributed by atoms with Crippen molar-refractivity contribution in [2.24, 2.45) is 0 Å². The first-order valence-corrected chi connectivity index (χ1v) is 8.86. The van der Waals surface area contributed by atoms with E-state index in [0.717, 1.165) is 27.8 Å². The summed E-state index contributed by atoms with van der Waals surface area (Å²) in [5.74, 6) is -0.403.